The van der Waals surface area contributed by atoms with Gasteiger partial charge in [0, 0.05) is 12.8 Å². The van der Waals surface area contributed by atoms with Crippen LogP contribution >= 0.6 is 0 Å². The van der Waals surface area contributed by atoms with Gasteiger partial charge in [-0.1, -0.05) is 348 Å². The Kier molecular flexibility index (Phi) is 64.9. The average molecular weight is 934 g/mol. The predicted molar refractivity (Wildman–Crippen MR) is 294 cm³/mol. The fourth-order valence-corrected chi connectivity index (χ4v) is 9.61. The maximum absolute atomic E-state index is 12.0. The number of hydrogen-bond donors (Lipinski definition) is 1. The fraction of sp³-hybridized carbons (Fsp3) is 0.968. The molecule has 0 aromatic rings. The Bertz CT molecular complexity index is 872. The largest absolute Gasteiger partial charge is 0.481 e. The second-order valence-corrected chi connectivity index (χ2v) is 21.1. The van der Waals surface area contributed by atoms with Gasteiger partial charge in [-0.25, -0.2) is 0 Å². The number of carboxylic acid groups (broad SMARTS) is 1. The molecule has 0 saturated carbocycles. The number of carboxylic acids is 1. The third kappa shape index (κ3) is 67.2. The van der Waals surface area contributed by atoms with E-state index in [-0.39, 0.29) is 5.97 Å². The van der Waals surface area contributed by atoms with Gasteiger partial charge < -0.3 is 9.84 Å². The molecule has 0 fully saturated rings. The van der Waals surface area contributed by atoms with Gasteiger partial charge in [0.2, 0.25) is 0 Å². The molecule has 0 unspecified atom stereocenters. The first-order chi connectivity index (χ1) is 32.6. The number of rotatable bonds is 57. The van der Waals surface area contributed by atoms with Crippen LogP contribution in [0.2, 0.25) is 0 Å². The highest BCUT2D eigenvalue weighted by Crippen LogP contribution is 2.18. The van der Waals surface area contributed by atoms with Crippen LogP contribution in [0.4, 0.5) is 0 Å². The van der Waals surface area contributed by atoms with E-state index in [9.17, 15) is 9.59 Å². The standard InChI is InChI=1S/C40H80O2.C22H44O2/c1-3-5-7-9-11-13-15-17-19-21-22-23-24-26-28-30-32-34-36-38-40(41)42-39-37-35-33-31-29-27-25-20-18-16-14-12-10-8-6-4-2;1-2-3-4-5-6-7-8-9-10-11-12-13-14-15-16-17-18-19-20-21-22(23)24/h3-39H2,1-2H3;2-21H2,1H3,(H,23,24). The van der Waals surface area contributed by atoms with Crippen LogP contribution < -0.4 is 0 Å². The Balaban J connectivity index is 0. The van der Waals surface area contributed by atoms with Gasteiger partial charge in [-0.05, 0) is 19.3 Å². The molecule has 0 rings (SSSR count). The van der Waals surface area contributed by atoms with E-state index in [4.69, 9.17) is 9.84 Å². The normalized spacial score (nSPS) is 11.3. The smallest absolute Gasteiger partial charge is 0.305 e. The lowest BCUT2D eigenvalue weighted by atomic mass is 10.0. The van der Waals surface area contributed by atoms with Gasteiger partial charge in [0.05, 0.1) is 6.61 Å². The van der Waals surface area contributed by atoms with Crippen molar-refractivity contribution < 1.29 is 19.4 Å². The highest BCUT2D eigenvalue weighted by atomic mass is 16.5. The molecule has 0 bridgehead atoms. The number of hydrogen-bond acceptors (Lipinski definition) is 3. The van der Waals surface area contributed by atoms with Gasteiger partial charge in [-0.15, -0.1) is 0 Å². The van der Waals surface area contributed by atoms with E-state index in [1.807, 2.05) is 0 Å². The van der Waals surface area contributed by atoms with Crippen molar-refractivity contribution in [2.24, 2.45) is 0 Å². The summed E-state index contributed by atoms with van der Waals surface area (Å²) < 4.78 is 5.46. The summed E-state index contributed by atoms with van der Waals surface area (Å²) in [5.74, 6) is -0.620. The summed E-state index contributed by atoms with van der Waals surface area (Å²) in [4.78, 5) is 22.3. The van der Waals surface area contributed by atoms with Crippen molar-refractivity contribution in [3.63, 3.8) is 0 Å². The van der Waals surface area contributed by atoms with Crippen molar-refractivity contribution in [1.82, 2.24) is 0 Å². The first-order valence-electron chi connectivity index (χ1n) is 31.0. The van der Waals surface area contributed by atoms with Crippen molar-refractivity contribution in [1.29, 1.82) is 0 Å². The van der Waals surface area contributed by atoms with Gasteiger partial charge in [-0.3, -0.25) is 9.59 Å². The van der Waals surface area contributed by atoms with Crippen LogP contribution in [0, 0.1) is 0 Å². The molecule has 0 aliphatic heterocycles. The lowest BCUT2D eigenvalue weighted by Crippen LogP contribution is -2.05. The highest BCUT2D eigenvalue weighted by molar-refractivity contribution is 5.69. The highest BCUT2D eigenvalue weighted by Gasteiger charge is 2.04. The molecule has 0 aromatic heterocycles. The molecule has 4 heteroatoms. The zero-order valence-electron chi connectivity index (χ0n) is 46.0. The van der Waals surface area contributed by atoms with Crippen molar-refractivity contribution in [2.45, 2.75) is 380 Å². The molecule has 0 atom stereocenters. The minimum absolute atomic E-state index is 0.0305. The first-order valence-corrected chi connectivity index (χ1v) is 31.0. The number of aliphatic carboxylic acids is 1. The summed E-state index contributed by atoms with van der Waals surface area (Å²) in [5, 5.41) is 8.56. The zero-order valence-corrected chi connectivity index (χ0v) is 46.0. The summed E-state index contributed by atoms with van der Waals surface area (Å²) in [6.45, 7) is 7.51. The van der Waals surface area contributed by atoms with Gasteiger partial charge in [0.25, 0.3) is 0 Å². The third-order valence-electron chi connectivity index (χ3n) is 14.2. The van der Waals surface area contributed by atoms with Crippen LogP contribution in [0.25, 0.3) is 0 Å². The Morgan fingerprint density at radius 3 is 0.606 bits per heavy atom. The summed E-state index contributed by atoms with van der Waals surface area (Å²) in [7, 11) is 0. The minimum Gasteiger partial charge on any atom is -0.481 e. The van der Waals surface area contributed by atoms with E-state index in [2.05, 4.69) is 20.8 Å². The Morgan fingerprint density at radius 1 is 0.242 bits per heavy atom. The van der Waals surface area contributed by atoms with E-state index in [0.29, 0.717) is 19.4 Å². The number of esters is 1. The molecule has 4 nitrogen and oxygen atoms in total. The molecule has 0 radical (unpaired) electrons. The quantitative estimate of drug-likeness (QED) is 0.0488. The Labute approximate surface area is 416 Å². The van der Waals surface area contributed by atoms with Crippen molar-refractivity contribution >= 4 is 11.9 Å². The van der Waals surface area contributed by atoms with Crippen LogP contribution in [0.15, 0.2) is 0 Å². The summed E-state index contributed by atoms with van der Waals surface area (Å²) >= 11 is 0. The number of ether oxygens (including phenoxy) is 1. The van der Waals surface area contributed by atoms with E-state index in [1.54, 1.807) is 0 Å². The topological polar surface area (TPSA) is 63.6 Å². The monoisotopic (exact) mass is 933 g/mol. The van der Waals surface area contributed by atoms with Crippen LogP contribution in [-0.4, -0.2) is 23.7 Å². The van der Waals surface area contributed by atoms with E-state index in [1.165, 1.54) is 321 Å². The van der Waals surface area contributed by atoms with Crippen LogP contribution in [0.5, 0.6) is 0 Å². The second kappa shape index (κ2) is 63.9. The van der Waals surface area contributed by atoms with Crippen molar-refractivity contribution in [3.8, 4) is 0 Å². The van der Waals surface area contributed by atoms with Crippen molar-refractivity contribution in [3.05, 3.63) is 0 Å². The molecular weight excluding hydrogens is 809 g/mol. The molecule has 66 heavy (non-hydrogen) atoms. The molecular formula is C62H124O4. The van der Waals surface area contributed by atoms with E-state index in [0.717, 1.165) is 25.7 Å². The fourth-order valence-electron chi connectivity index (χ4n) is 9.61. The lowest BCUT2D eigenvalue weighted by Gasteiger charge is -2.06. The van der Waals surface area contributed by atoms with Gasteiger partial charge in [-0.2, -0.15) is 0 Å². The molecule has 0 aliphatic carbocycles. The summed E-state index contributed by atoms with van der Waals surface area (Å²) in [5.41, 5.74) is 0. The third-order valence-corrected chi connectivity index (χ3v) is 14.2. The minimum atomic E-state index is -0.651. The van der Waals surface area contributed by atoms with Gasteiger partial charge in [0.1, 0.15) is 0 Å². The number of unbranched alkanes of at least 4 members (excludes halogenated alkanes) is 51. The maximum atomic E-state index is 12.0. The number of carbonyl (C=O) groups is 2. The first kappa shape index (κ1) is 67.0. The molecule has 0 amide bonds. The second-order valence-electron chi connectivity index (χ2n) is 21.1. The SMILES string of the molecule is CCCCCCCCCCCCCCCCCCCCCC(=O)O.CCCCCCCCCCCCCCCCCCCCCC(=O)OCCCCCCCCCCCCCCCCCC. The Morgan fingerprint density at radius 2 is 0.409 bits per heavy atom. The van der Waals surface area contributed by atoms with Crippen LogP contribution in [-0.2, 0) is 14.3 Å². The van der Waals surface area contributed by atoms with Crippen LogP contribution in [0.3, 0.4) is 0 Å². The average Bonchev–Trinajstić information content (AvgIpc) is 3.31. The van der Waals surface area contributed by atoms with Gasteiger partial charge in [0.15, 0.2) is 0 Å². The Hall–Kier alpha value is -1.06. The number of carbonyl (C=O) groups excluding carboxylic acids is 1. The molecule has 0 spiro atoms. The lowest BCUT2D eigenvalue weighted by molar-refractivity contribution is -0.144. The predicted octanol–water partition coefficient (Wildman–Crippen LogP) is 22.5. The van der Waals surface area contributed by atoms with E-state index < -0.39 is 5.97 Å². The summed E-state index contributed by atoms with van der Waals surface area (Å²) in [6, 6.07) is 0. The molecule has 0 saturated heterocycles. The summed E-state index contributed by atoms with van der Waals surface area (Å²) in [6.07, 6.45) is 75.1. The molecule has 1 N–H and O–H groups in total. The molecule has 0 aromatic carbocycles. The van der Waals surface area contributed by atoms with Crippen LogP contribution in [0.1, 0.15) is 380 Å². The van der Waals surface area contributed by atoms with E-state index >= 15 is 0 Å². The van der Waals surface area contributed by atoms with Crippen molar-refractivity contribution in [2.75, 3.05) is 6.61 Å². The van der Waals surface area contributed by atoms with Gasteiger partial charge >= 0.3 is 11.9 Å². The maximum Gasteiger partial charge on any atom is 0.305 e. The molecule has 0 heterocycles. The zero-order chi connectivity index (χ0) is 48.2. The molecule has 396 valence electrons. The molecule has 0 aliphatic rings.